The molecule has 2 fully saturated rings. The number of carbonyl (C=O) groups is 1. The number of hydrogen-bond acceptors (Lipinski definition) is 8. The number of morpholine rings is 1. The highest BCUT2D eigenvalue weighted by Crippen LogP contribution is 2.20. The molecule has 0 saturated carbocycles. The number of ether oxygens (including phenoxy) is 1. The van der Waals surface area contributed by atoms with Crippen LogP contribution < -0.4 is 10.2 Å². The summed E-state index contributed by atoms with van der Waals surface area (Å²) in [5.74, 6) is 1.70. The second-order valence-electron chi connectivity index (χ2n) is 7.10. The lowest BCUT2D eigenvalue weighted by molar-refractivity contribution is 0.0730. The molecule has 30 heavy (non-hydrogen) atoms. The smallest absolute Gasteiger partial charge is 0.323 e. The van der Waals surface area contributed by atoms with Crippen molar-refractivity contribution in [3.63, 3.8) is 0 Å². The summed E-state index contributed by atoms with van der Waals surface area (Å²) in [6.45, 7) is 5.46. The van der Waals surface area contributed by atoms with Crippen LogP contribution >= 0.6 is 0 Å². The number of aromatic nitrogens is 2. The van der Waals surface area contributed by atoms with Crippen molar-refractivity contribution in [1.82, 2.24) is 19.3 Å². The van der Waals surface area contributed by atoms with Crippen LogP contribution in [-0.4, -0.2) is 86.3 Å². The Kier molecular flexibility index (Phi) is 5.88. The summed E-state index contributed by atoms with van der Waals surface area (Å²) >= 11 is 0. The van der Waals surface area contributed by atoms with Crippen LogP contribution in [0, 0.1) is 6.92 Å². The number of urea groups is 1. The summed E-state index contributed by atoms with van der Waals surface area (Å²) in [6, 6.07) is 4.72. The number of nitrogens with zero attached hydrogens (tertiary/aromatic N) is 5. The number of piperazine rings is 1. The molecule has 162 valence electrons. The van der Waals surface area contributed by atoms with Crippen LogP contribution in [0.15, 0.2) is 33.8 Å². The highest BCUT2D eigenvalue weighted by molar-refractivity contribution is 7.89. The zero-order valence-electron chi connectivity index (χ0n) is 16.7. The van der Waals surface area contributed by atoms with Gasteiger partial charge in [-0.15, -0.1) is 0 Å². The molecule has 11 nitrogen and oxygen atoms in total. The van der Waals surface area contributed by atoms with Gasteiger partial charge in [-0.3, -0.25) is 5.32 Å². The molecule has 2 saturated heterocycles. The number of sulfonamides is 1. The van der Waals surface area contributed by atoms with E-state index >= 15 is 0 Å². The molecule has 0 spiro atoms. The third-order valence-corrected chi connectivity index (χ3v) is 6.96. The lowest BCUT2D eigenvalue weighted by atomic mass is 10.3. The van der Waals surface area contributed by atoms with Gasteiger partial charge in [0.15, 0.2) is 5.82 Å². The van der Waals surface area contributed by atoms with E-state index in [-0.39, 0.29) is 10.9 Å². The molecule has 0 aliphatic carbocycles. The zero-order valence-corrected chi connectivity index (χ0v) is 17.5. The number of nitrogens with one attached hydrogen (secondary N) is 1. The van der Waals surface area contributed by atoms with Crippen LogP contribution in [-0.2, 0) is 14.8 Å². The van der Waals surface area contributed by atoms with Gasteiger partial charge in [-0.25, -0.2) is 18.2 Å². The Labute approximate surface area is 174 Å². The summed E-state index contributed by atoms with van der Waals surface area (Å²) < 4.78 is 37.0. The molecule has 12 heteroatoms. The van der Waals surface area contributed by atoms with Gasteiger partial charge in [0, 0.05) is 51.5 Å². The predicted octanol–water partition coefficient (Wildman–Crippen LogP) is 0.753. The van der Waals surface area contributed by atoms with Gasteiger partial charge in [-0.1, -0.05) is 5.16 Å². The van der Waals surface area contributed by atoms with Crippen molar-refractivity contribution >= 4 is 27.7 Å². The van der Waals surface area contributed by atoms with Crippen molar-refractivity contribution in [2.24, 2.45) is 0 Å². The fourth-order valence-corrected chi connectivity index (χ4v) is 4.75. The zero-order chi connectivity index (χ0) is 21.1. The number of pyridine rings is 1. The number of amides is 2. The van der Waals surface area contributed by atoms with Crippen molar-refractivity contribution in [3.8, 4) is 0 Å². The van der Waals surface area contributed by atoms with Crippen LogP contribution in [0.5, 0.6) is 0 Å². The first-order valence-electron chi connectivity index (χ1n) is 9.71. The Hall–Kier alpha value is -2.70. The predicted molar refractivity (Wildman–Crippen MR) is 108 cm³/mol. The quantitative estimate of drug-likeness (QED) is 0.745. The lowest BCUT2D eigenvalue weighted by Gasteiger charge is -2.35. The van der Waals surface area contributed by atoms with Gasteiger partial charge in [-0.05, 0) is 19.1 Å². The van der Waals surface area contributed by atoms with E-state index in [1.165, 1.54) is 10.5 Å². The Morgan fingerprint density at radius 2 is 1.83 bits per heavy atom. The molecule has 4 rings (SSSR count). The molecule has 2 aliphatic rings. The van der Waals surface area contributed by atoms with Crippen LogP contribution in [0.1, 0.15) is 5.76 Å². The first-order chi connectivity index (χ1) is 14.4. The number of carbonyl (C=O) groups excluding carboxylic acids is 1. The Morgan fingerprint density at radius 1 is 1.10 bits per heavy atom. The van der Waals surface area contributed by atoms with E-state index in [1.54, 1.807) is 30.0 Å². The number of rotatable bonds is 4. The fourth-order valence-electron chi connectivity index (χ4n) is 3.40. The Morgan fingerprint density at radius 3 is 2.43 bits per heavy atom. The van der Waals surface area contributed by atoms with Crippen LogP contribution in [0.4, 0.5) is 16.4 Å². The van der Waals surface area contributed by atoms with Crippen LogP contribution in [0.2, 0.25) is 0 Å². The van der Waals surface area contributed by atoms with E-state index in [0.717, 1.165) is 0 Å². The molecule has 0 bridgehead atoms. The molecule has 2 aromatic heterocycles. The largest absolute Gasteiger partial charge is 0.379 e. The highest BCUT2D eigenvalue weighted by Gasteiger charge is 2.27. The maximum atomic E-state index is 12.7. The highest BCUT2D eigenvalue weighted by atomic mass is 32.2. The minimum atomic E-state index is -3.56. The first-order valence-corrected chi connectivity index (χ1v) is 11.2. The lowest BCUT2D eigenvalue weighted by Crippen LogP contribution is -2.50. The van der Waals surface area contributed by atoms with E-state index in [2.05, 4.69) is 15.5 Å². The molecule has 4 heterocycles. The average molecular weight is 436 g/mol. The maximum absolute atomic E-state index is 12.7. The topological polar surface area (TPSA) is 121 Å². The molecule has 2 amide bonds. The molecular formula is C18H24N6O5S. The van der Waals surface area contributed by atoms with E-state index in [4.69, 9.17) is 9.26 Å². The van der Waals surface area contributed by atoms with Gasteiger partial charge >= 0.3 is 6.03 Å². The molecule has 0 atom stereocenters. The summed E-state index contributed by atoms with van der Waals surface area (Å²) in [4.78, 5) is 20.6. The van der Waals surface area contributed by atoms with Gasteiger partial charge in [0.1, 0.15) is 16.5 Å². The summed E-state index contributed by atoms with van der Waals surface area (Å²) in [6.07, 6.45) is 1.39. The van der Waals surface area contributed by atoms with E-state index in [0.29, 0.717) is 69.9 Å². The molecule has 0 radical (unpaired) electrons. The van der Waals surface area contributed by atoms with Gasteiger partial charge < -0.3 is 19.1 Å². The van der Waals surface area contributed by atoms with E-state index in [9.17, 15) is 13.2 Å². The van der Waals surface area contributed by atoms with Gasteiger partial charge in [0.05, 0.1) is 13.2 Å². The van der Waals surface area contributed by atoms with Crippen LogP contribution in [0.3, 0.4) is 0 Å². The van der Waals surface area contributed by atoms with Crippen molar-refractivity contribution in [2.75, 3.05) is 62.7 Å². The fraction of sp³-hybridized carbons (Fsp3) is 0.500. The average Bonchev–Trinajstić information content (AvgIpc) is 3.19. The minimum absolute atomic E-state index is 0.175. The Balaban J connectivity index is 1.34. The number of anilines is 2. The van der Waals surface area contributed by atoms with Crippen molar-refractivity contribution in [1.29, 1.82) is 0 Å². The van der Waals surface area contributed by atoms with Gasteiger partial charge in [0.25, 0.3) is 0 Å². The molecule has 0 aromatic carbocycles. The standard InChI is InChI=1S/C18H24N6O5S/c1-14-12-16(21-29-14)20-18(25)23-6-4-22(5-7-23)17-3-2-15(13-19-17)30(26,27)24-8-10-28-11-9-24/h2-3,12-13H,4-11H2,1H3,(H,20,21,25). The summed E-state index contributed by atoms with van der Waals surface area (Å²) in [5, 5.41) is 6.47. The molecule has 2 aromatic rings. The first kappa shape index (κ1) is 20.6. The number of aryl methyl sites for hydroxylation is 1. The molecule has 1 N–H and O–H groups in total. The monoisotopic (exact) mass is 436 g/mol. The van der Waals surface area contributed by atoms with Crippen molar-refractivity contribution < 1.29 is 22.5 Å². The third-order valence-electron chi connectivity index (χ3n) is 5.08. The van der Waals surface area contributed by atoms with Gasteiger partial charge in [-0.2, -0.15) is 4.31 Å². The minimum Gasteiger partial charge on any atom is -0.379 e. The molecule has 0 unspecified atom stereocenters. The van der Waals surface area contributed by atoms with Crippen molar-refractivity contribution in [2.45, 2.75) is 11.8 Å². The SMILES string of the molecule is Cc1cc(NC(=O)N2CCN(c3ccc(S(=O)(=O)N4CCOCC4)cn3)CC2)no1. The Bertz CT molecular complexity index is 979. The molecular weight excluding hydrogens is 412 g/mol. The normalized spacial score (nSPS) is 18.4. The van der Waals surface area contributed by atoms with Crippen molar-refractivity contribution in [3.05, 3.63) is 30.2 Å². The van der Waals surface area contributed by atoms with Crippen LogP contribution in [0.25, 0.3) is 0 Å². The van der Waals surface area contributed by atoms with E-state index in [1.807, 2.05) is 4.90 Å². The van der Waals surface area contributed by atoms with Gasteiger partial charge in [0.2, 0.25) is 10.0 Å². The molecule has 2 aliphatic heterocycles. The maximum Gasteiger partial charge on any atom is 0.323 e. The number of hydrogen-bond donors (Lipinski definition) is 1. The summed E-state index contributed by atoms with van der Waals surface area (Å²) in [7, 11) is -3.56. The second kappa shape index (κ2) is 8.58. The van der Waals surface area contributed by atoms with E-state index < -0.39 is 10.0 Å². The second-order valence-corrected chi connectivity index (χ2v) is 9.03. The summed E-state index contributed by atoms with van der Waals surface area (Å²) in [5.41, 5.74) is 0. The third kappa shape index (κ3) is 4.40.